The zero-order valence-electron chi connectivity index (χ0n) is 12.1. The molecule has 20 heavy (non-hydrogen) atoms. The van der Waals surface area contributed by atoms with Gasteiger partial charge in [-0.05, 0) is 53.8 Å². The molecule has 0 heterocycles. The Bertz CT molecular complexity index is 692. The molecule has 0 aromatic heterocycles. The molecular formula is C19H20O. The molecular weight excluding hydrogens is 244 g/mol. The molecule has 0 fully saturated rings. The first-order valence-electron chi connectivity index (χ1n) is 7.31. The minimum Gasteiger partial charge on any atom is -0.498 e. The third-order valence-corrected chi connectivity index (χ3v) is 3.93. The van der Waals surface area contributed by atoms with E-state index >= 15 is 0 Å². The highest BCUT2D eigenvalue weighted by molar-refractivity contribution is 5.96. The van der Waals surface area contributed by atoms with Crippen LogP contribution >= 0.6 is 0 Å². The van der Waals surface area contributed by atoms with Crippen LogP contribution in [0.25, 0.3) is 16.3 Å². The van der Waals surface area contributed by atoms with Crippen molar-refractivity contribution < 1.29 is 4.74 Å². The molecule has 0 bridgehead atoms. The van der Waals surface area contributed by atoms with Crippen LogP contribution < -0.4 is 0 Å². The minimum atomic E-state index is 0.752. The quantitative estimate of drug-likeness (QED) is 0.736. The van der Waals surface area contributed by atoms with E-state index in [1.807, 2.05) is 6.92 Å². The number of aryl methyl sites for hydroxylation is 1. The molecule has 2 aromatic carbocycles. The summed E-state index contributed by atoms with van der Waals surface area (Å²) in [5, 5.41) is 2.71. The zero-order valence-corrected chi connectivity index (χ0v) is 12.1. The van der Waals surface area contributed by atoms with Gasteiger partial charge in [-0.1, -0.05) is 42.5 Å². The van der Waals surface area contributed by atoms with Gasteiger partial charge in [-0.2, -0.15) is 0 Å². The largest absolute Gasteiger partial charge is 0.498 e. The van der Waals surface area contributed by atoms with Gasteiger partial charge in [0, 0.05) is 6.42 Å². The van der Waals surface area contributed by atoms with Gasteiger partial charge in [-0.15, -0.1) is 0 Å². The second kappa shape index (κ2) is 5.54. The number of fused-ring (bicyclic) bond motifs is 1. The van der Waals surface area contributed by atoms with Gasteiger partial charge in [0.1, 0.15) is 0 Å². The van der Waals surface area contributed by atoms with E-state index in [1.165, 1.54) is 27.5 Å². The smallest absolute Gasteiger partial charge is 0.0962 e. The Kier molecular flexibility index (Phi) is 3.60. The highest BCUT2D eigenvalue weighted by Crippen LogP contribution is 2.33. The molecule has 0 aliphatic heterocycles. The van der Waals surface area contributed by atoms with E-state index in [1.54, 1.807) is 0 Å². The van der Waals surface area contributed by atoms with Crippen molar-refractivity contribution in [3.8, 4) is 0 Å². The SMILES string of the molecule is CCOC1=CC=C(c2ccc(C)c3ccccc23)CC1. The van der Waals surface area contributed by atoms with Gasteiger partial charge in [0.25, 0.3) is 0 Å². The fraction of sp³-hybridized carbons (Fsp3) is 0.263. The molecule has 0 saturated carbocycles. The summed E-state index contributed by atoms with van der Waals surface area (Å²) in [5.41, 5.74) is 4.11. The molecule has 1 aliphatic rings. The van der Waals surface area contributed by atoms with E-state index in [4.69, 9.17) is 4.74 Å². The molecule has 1 nitrogen and oxygen atoms in total. The highest BCUT2D eigenvalue weighted by atomic mass is 16.5. The van der Waals surface area contributed by atoms with Crippen molar-refractivity contribution in [1.29, 1.82) is 0 Å². The molecule has 102 valence electrons. The van der Waals surface area contributed by atoms with Gasteiger partial charge < -0.3 is 4.74 Å². The summed E-state index contributed by atoms with van der Waals surface area (Å²) < 4.78 is 5.59. The van der Waals surface area contributed by atoms with E-state index in [-0.39, 0.29) is 0 Å². The molecule has 0 N–H and O–H groups in total. The van der Waals surface area contributed by atoms with Crippen molar-refractivity contribution in [2.24, 2.45) is 0 Å². The van der Waals surface area contributed by atoms with Gasteiger partial charge >= 0.3 is 0 Å². The highest BCUT2D eigenvalue weighted by Gasteiger charge is 2.12. The summed E-state index contributed by atoms with van der Waals surface area (Å²) >= 11 is 0. The predicted octanol–water partition coefficient (Wildman–Crippen LogP) is 5.25. The molecule has 1 heteroatoms. The van der Waals surface area contributed by atoms with Crippen molar-refractivity contribution in [2.75, 3.05) is 6.61 Å². The summed E-state index contributed by atoms with van der Waals surface area (Å²) in [5.74, 6) is 1.10. The molecule has 0 amide bonds. The topological polar surface area (TPSA) is 9.23 Å². The van der Waals surface area contributed by atoms with Crippen LogP contribution in [0.2, 0.25) is 0 Å². The van der Waals surface area contributed by atoms with E-state index < -0.39 is 0 Å². The first kappa shape index (κ1) is 13.0. The third kappa shape index (κ3) is 2.36. The van der Waals surface area contributed by atoms with Crippen molar-refractivity contribution in [3.63, 3.8) is 0 Å². The monoisotopic (exact) mass is 264 g/mol. The van der Waals surface area contributed by atoms with Crippen LogP contribution in [0, 0.1) is 6.92 Å². The lowest BCUT2D eigenvalue weighted by atomic mass is 9.91. The number of ether oxygens (including phenoxy) is 1. The summed E-state index contributed by atoms with van der Waals surface area (Å²) in [7, 11) is 0. The van der Waals surface area contributed by atoms with Gasteiger partial charge in [0.05, 0.1) is 12.4 Å². The first-order valence-corrected chi connectivity index (χ1v) is 7.31. The molecule has 0 unspecified atom stereocenters. The van der Waals surface area contributed by atoms with Crippen molar-refractivity contribution >= 4 is 16.3 Å². The number of hydrogen-bond donors (Lipinski definition) is 0. The molecule has 0 radical (unpaired) electrons. The zero-order chi connectivity index (χ0) is 13.9. The molecule has 0 spiro atoms. The van der Waals surface area contributed by atoms with Crippen LogP contribution in [0.3, 0.4) is 0 Å². The Morgan fingerprint density at radius 2 is 1.75 bits per heavy atom. The third-order valence-electron chi connectivity index (χ3n) is 3.93. The van der Waals surface area contributed by atoms with Gasteiger partial charge in [0.2, 0.25) is 0 Å². The molecule has 3 rings (SSSR count). The number of allylic oxidation sites excluding steroid dienone is 4. The minimum absolute atomic E-state index is 0.752. The fourth-order valence-electron chi connectivity index (χ4n) is 2.88. The standard InChI is InChI=1S/C19H20O/c1-3-20-16-11-9-15(10-12-16)18-13-8-14(2)17-6-4-5-7-19(17)18/h4-9,11,13H,3,10,12H2,1-2H3. The van der Waals surface area contributed by atoms with Gasteiger partial charge in [0.15, 0.2) is 0 Å². The van der Waals surface area contributed by atoms with Crippen LogP contribution in [-0.2, 0) is 4.74 Å². The fourth-order valence-corrected chi connectivity index (χ4v) is 2.88. The number of rotatable bonds is 3. The Balaban J connectivity index is 2.06. The normalized spacial score (nSPS) is 14.9. The Morgan fingerprint density at radius 1 is 0.950 bits per heavy atom. The lowest BCUT2D eigenvalue weighted by Crippen LogP contribution is -1.98. The van der Waals surface area contributed by atoms with Crippen LogP contribution in [0.5, 0.6) is 0 Å². The Morgan fingerprint density at radius 3 is 2.45 bits per heavy atom. The van der Waals surface area contributed by atoms with Crippen molar-refractivity contribution in [1.82, 2.24) is 0 Å². The summed E-state index contributed by atoms with van der Waals surface area (Å²) in [4.78, 5) is 0. The van der Waals surface area contributed by atoms with Crippen molar-refractivity contribution in [3.05, 3.63) is 65.4 Å². The average molecular weight is 264 g/mol. The van der Waals surface area contributed by atoms with E-state index in [0.29, 0.717) is 0 Å². The molecule has 2 aromatic rings. The van der Waals surface area contributed by atoms with Gasteiger partial charge in [-0.25, -0.2) is 0 Å². The lowest BCUT2D eigenvalue weighted by molar-refractivity contribution is 0.218. The average Bonchev–Trinajstić information content (AvgIpc) is 2.49. The van der Waals surface area contributed by atoms with Crippen LogP contribution in [0.1, 0.15) is 30.9 Å². The first-order chi connectivity index (χ1) is 9.79. The van der Waals surface area contributed by atoms with E-state index in [2.05, 4.69) is 55.5 Å². The number of hydrogen-bond acceptors (Lipinski definition) is 1. The second-order valence-corrected chi connectivity index (χ2v) is 5.23. The maximum absolute atomic E-state index is 5.59. The summed E-state index contributed by atoms with van der Waals surface area (Å²) in [6.45, 7) is 4.96. The van der Waals surface area contributed by atoms with E-state index in [9.17, 15) is 0 Å². The lowest BCUT2D eigenvalue weighted by Gasteiger charge is -2.17. The number of benzene rings is 2. The Hall–Kier alpha value is -2.02. The summed E-state index contributed by atoms with van der Waals surface area (Å²) in [6, 6.07) is 13.1. The molecule has 0 atom stereocenters. The van der Waals surface area contributed by atoms with Crippen LogP contribution in [-0.4, -0.2) is 6.61 Å². The second-order valence-electron chi connectivity index (χ2n) is 5.23. The van der Waals surface area contributed by atoms with Crippen molar-refractivity contribution in [2.45, 2.75) is 26.7 Å². The predicted molar refractivity (Wildman–Crippen MR) is 85.6 cm³/mol. The van der Waals surface area contributed by atoms with Gasteiger partial charge in [-0.3, -0.25) is 0 Å². The maximum Gasteiger partial charge on any atom is 0.0962 e. The van der Waals surface area contributed by atoms with Crippen LogP contribution in [0.4, 0.5) is 0 Å². The molecule has 1 aliphatic carbocycles. The Labute approximate surface area is 120 Å². The maximum atomic E-state index is 5.59. The summed E-state index contributed by atoms with van der Waals surface area (Å²) in [6.07, 6.45) is 6.39. The van der Waals surface area contributed by atoms with E-state index in [0.717, 1.165) is 25.2 Å². The molecule has 0 saturated heterocycles. The van der Waals surface area contributed by atoms with Crippen LogP contribution in [0.15, 0.2) is 54.3 Å².